The summed E-state index contributed by atoms with van der Waals surface area (Å²) in [7, 11) is -0.338. The quantitative estimate of drug-likeness (QED) is 0.474. The van der Waals surface area contributed by atoms with Crippen LogP contribution in [0.4, 0.5) is 0 Å². The van der Waals surface area contributed by atoms with E-state index in [1.54, 1.807) is 0 Å². The summed E-state index contributed by atoms with van der Waals surface area (Å²) in [6.45, 7) is 7.72. The minimum atomic E-state index is -0.338. The van der Waals surface area contributed by atoms with Crippen molar-refractivity contribution in [2.75, 3.05) is 0 Å². The van der Waals surface area contributed by atoms with Crippen LogP contribution in [0.2, 0.25) is 6.82 Å². The first-order valence-electron chi connectivity index (χ1n) is 4.25. The Bertz CT molecular complexity index is 149. The van der Waals surface area contributed by atoms with Crippen LogP contribution >= 0.6 is 0 Å². The molecule has 1 rings (SSSR count). The third-order valence-electron chi connectivity index (χ3n) is 2.48. The Kier molecular flexibility index (Phi) is 2.74. The van der Waals surface area contributed by atoms with Crippen molar-refractivity contribution in [2.45, 2.75) is 38.7 Å². The first kappa shape index (κ1) is 8.82. The van der Waals surface area contributed by atoms with Crippen molar-refractivity contribution in [1.29, 1.82) is 0 Å². The number of nitrogens with zero attached hydrogens (tertiary/aromatic N) is 1. The van der Waals surface area contributed by atoms with Gasteiger partial charge in [0.25, 0.3) is 0 Å². The highest BCUT2D eigenvalue weighted by Crippen LogP contribution is 2.24. The summed E-state index contributed by atoms with van der Waals surface area (Å²) in [5.41, 5.74) is 0. The van der Waals surface area contributed by atoms with E-state index in [2.05, 4.69) is 18.3 Å². The van der Waals surface area contributed by atoms with Crippen LogP contribution < -0.4 is 0 Å². The molecule has 0 aromatic carbocycles. The smallest absolute Gasteiger partial charge is 0.377 e. The molecule has 0 aromatic heterocycles. The highest BCUT2D eigenvalue weighted by Gasteiger charge is 2.33. The predicted octanol–water partition coefficient (Wildman–Crippen LogP) is 1.14. The van der Waals surface area contributed by atoms with E-state index in [0.717, 1.165) is 6.42 Å². The molecule has 1 heterocycles. The normalized spacial score (nSPS) is 32.3. The molecule has 3 heteroatoms. The Hall–Kier alpha value is -0.275. The molecular formula is C8H16BNO. The van der Waals surface area contributed by atoms with E-state index >= 15 is 0 Å². The number of hydrogen-bond acceptors (Lipinski definition) is 2. The maximum Gasteiger partial charge on any atom is 0.377 e. The van der Waals surface area contributed by atoms with E-state index in [-0.39, 0.29) is 7.05 Å². The molecule has 0 radical (unpaired) electrons. The van der Waals surface area contributed by atoms with Crippen LogP contribution in [-0.4, -0.2) is 29.0 Å². The molecule has 2 atom stereocenters. The predicted molar refractivity (Wildman–Crippen MR) is 48.4 cm³/mol. The molecule has 1 N–H and O–H groups in total. The number of rotatable bonds is 2. The molecule has 0 amide bonds. The van der Waals surface area contributed by atoms with Gasteiger partial charge in [-0.05, 0) is 25.7 Å². The van der Waals surface area contributed by atoms with Crippen molar-refractivity contribution < 1.29 is 5.02 Å². The standard InChI is InChI=1S/C8H16BNO/c1-4-8-6-5-7(2)10(8)9(3)11/h4,7-8,11H,1,5-6H2,2-3H3. The van der Waals surface area contributed by atoms with Gasteiger partial charge < -0.3 is 9.83 Å². The fourth-order valence-electron chi connectivity index (χ4n) is 1.92. The Morgan fingerprint density at radius 1 is 1.64 bits per heavy atom. The molecule has 11 heavy (non-hydrogen) atoms. The van der Waals surface area contributed by atoms with Crippen LogP contribution in [0.25, 0.3) is 0 Å². The van der Waals surface area contributed by atoms with E-state index in [1.165, 1.54) is 6.42 Å². The van der Waals surface area contributed by atoms with Crippen LogP contribution in [-0.2, 0) is 0 Å². The third kappa shape index (κ3) is 1.66. The molecular weight excluding hydrogens is 137 g/mol. The number of hydrogen-bond donors (Lipinski definition) is 1. The first-order chi connectivity index (χ1) is 5.16. The zero-order valence-corrected chi connectivity index (χ0v) is 7.33. The van der Waals surface area contributed by atoms with Gasteiger partial charge in [0.05, 0.1) is 0 Å². The summed E-state index contributed by atoms with van der Waals surface area (Å²) < 4.78 is 0. The van der Waals surface area contributed by atoms with E-state index in [1.807, 2.05) is 12.9 Å². The second-order valence-corrected chi connectivity index (χ2v) is 3.31. The molecule has 1 aliphatic rings. The van der Waals surface area contributed by atoms with Gasteiger partial charge in [0, 0.05) is 6.04 Å². The summed E-state index contributed by atoms with van der Waals surface area (Å²) in [5.74, 6) is 0. The Morgan fingerprint density at radius 3 is 2.64 bits per heavy atom. The lowest BCUT2D eigenvalue weighted by Crippen LogP contribution is -2.43. The van der Waals surface area contributed by atoms with Crippen LogP contribution in [0.3, 0.4) is 0 Å². The van der Waals surface area contributed by atoms with Gasteiger partial charge in [-0.2, -0.15) is 0 Å². The van der Waals surface area contributed by atoms with Gasteiger partial charge in [0.1, 0.15) is 0 Å². The second-order valence-electron chi connectivity index (χ2n) is 3.31. The van der Waals surface area contributed by atoms with E-state index in [4.69, 9.17) is 0 Å². The highest BCUT2D eigenvalue weighted by molar-refractivity contribution is 6.45. The van der Waals surface area contributed by atoms with Crippen molar-refractivity contribution in [3.05, 3.63) is 12.7 Å². The van der Waals surface area contributed by atoms with Crippen molar-refractivity contribution in [3.63, 3.8) is 0 Å². The van der Waals surface area contributed by atoms with E-state index in [9.17, 15) is 5.02 Å². The van der Waals surface area contributed by atoms with Crippen molar-refractivity contribution in [3.8, 4) is 0 Å². The van der Waals surface area contributed by atoms with Gasteiger partial charge in [-0.1, -0.05) is 13.0 Å². The Morgan fingerprint density at radius 2 is 2.27 bits per heavy atom. The maximum atomic E-state index is 9.40. The second kappa shape index (κ2) is 3.41. The van der Waals surface area contributed by atoms with Crippen LogP contribution in [0.1, 0.15) is 19.8 Å². The van der Waals surface area contributed by atoms with Crippen molar-refractivity contribution in [1.82, 2.24) is 4.81 Å². The summed E-state index contributed by atoms with van der Waals surface area (Å²) in [4.78, 5) is 2.10. The SMILES string of the molecule is C=CC1CCC(C)N1B(C)O. The molecule has 1 saturated heterocycles. The molecule has 0 spiro atoms. The largest absolute Gasteiger partial charge is 0.437 e. The van der Waals surface area contributed by atoms with Gasteiger partial charge in [-0.25, -0.2) is 0 Å². The lowest BCUT2D eigenvalue weighted by atomic mass is 9.83. The van der Waals surface area contributed by atoms with Gasteiger partial charge in [-0.3, -0.25) is 0 Å². The first-order valence-corrected chi connectivity index (χ1v) is 4.25. The molecule has 1 aliphatic heterocycles. The summed E-state index contributed by atoms with van der Waals surface area (Å²) in [5, 5.41) is 9.40. The average molecular weight is 153 g/mol. The van der Waals surface area contributed by atoms with E-state index in [0.29, 0.717) is 12.1 Å². The van der Waals surface area contributed by atoms with Crippen LogP contribution in [0.15, 0.2) is 12.7 Å². The van der Waals surface area contributed by atoms with E-state index < -0.39 is 0 Å². The average Bonchev–Trinajstić information content (AvgIpc) is 2.30. The fraction of sp³-hybridized carbons (Fsp3) is 0.750. The van der Waals surface area contributed by atoms with Gasteiger partial charge >= 0.3 is 7.05 Å². The minimum absolute atomic E-state index is 0.338. The lowest BCUT2D eigenvalue weighted by Gasteiger charge is -2.26. The zero-order valence-electron chi connectivity index (χ0n) is 7.33. The van der Waals surface area contributed by atoms with Gasteiger partial charge in [-0.15, -0.1) is 6.58 Å². The fourth-order valence-corrected chi connectivity index (χ4v) is 1.92. The van der Waals surface area contributed by atoms with Gasteiger partial charge in [0.2, 0.25) is 0 Å². The molecule has 2 nitrogen and oxygen atoms in total. The monoisotopic (exact) mass is 153 g/mol. The maximum absolute atomic E-state index is 9.40. The highest BCUT2D eigenvalue weighted by atomic mass is 16.2. The molecule has 0 bridgehead atoms. The molecule has 2 unspecified atom stereocenters. The zero-order chi connectivity index (χ0) is 8.43. The topological polar surface area (TPSA) is 23.5 Å². The van der Waals surface area contributed by atoms with Gasteiger partial charge in [0.15, 0.2) is 0 Å². The van der Waals surface area contributed by atoms with Crippen LogP contribution in [0, 0.1) is 0 Å². The molecule has 0 saturated carbocycles. The summed E-state index contributed by atoms with van der Waals surface area (Å²) in [6, 6.07) is 0.878. The molecule has 0 aromatic rings. The minimum Gasteiger partial charge on any atom is -0.437 e. The summed E-state index contributed by atoms with van der Waals surface area (Å²) >= 11 is 0. The lowest BCUT2D eigenvalue weighted by molar-refractivity contribution is 0.326. The summed E-state index contributed by atoms with van der Waals surface area (Å²) in [6.07, 6.45) is 4.23. The molecule has 1 fully saturated rings. The Balaban J connectivity index is 2.63. The van der Waals surface area contributed by atoms with Crippen molar-refractivity contribution >= 4 is 7.05 Å². The third-order valence-corrected chi connectivity index (χ3v) is 2.48. The van der Waals surface area contributed by atoms with Crippen molar-refractivity contribution in [2.24, 2.45) is 0 Å². The molecule has 0 aliphatic carbocycles. The van der Waals surface area contributed by atoms with Crippen LogP contribution in [0.5, 0.6) is 0 Å². The molecule has 62 valence electrons. The Labute approximate surface area is 69.0 Å².